The molecule has 4 heteroatoms. The number of methoxy groups -OCH3 is 1. The highest BCUT2D eigenvalue weighted by Gasteiger charge is 2.50. The van der Waals surface area contributed by atoms with Gasteiger partial charge in [0, 0.05) is 18.6 Å². The van der Waals surface area contributed by atoms with Crippen LogP contribution in [0.4, 0.5) is 0 Å². The van der Waals surface area contributed by atoms with E-state index in [1.165, 1.54) is 7.11 Å². The number of aliphatic carboxylic acids is 1. The van der Waals surface area contributed by atoms with Gasteiger partial charge in [-0.05, 0) is 6.07 Å². The number of para-hydroxylation sites is 1. The summed E-state index contributed by atoms with van der Waals surface area (Å²) in [5.74, 6) is -0.618. The van der Waals surface area contributed by atoms with Crippen LogP contribution in [0.15, 0.2) is 24.3 Å². The quantitative estimate of drug-likeness (QED) is 0.826. The van der Waals surface area contributed by atoms with Gasteiger partial charge in [0.05, 0.1) is 6.61 Å². The molecule has 0 aliphatic carbocycles. The number of hydrogen-bond donors (Lipinski definition) is 1. The van der Waals surface area contributed by atoms with Crippen LogP contribution >= 0.6 is 0 Å². The van der Waals surface area contributed by atoms with E-state index >= 15 is 0 Å². The molecule has 16 heavy (non-hydrogen) atoms. The van der Waals surface area contributed by atoms with Gasteiger partial charge in [0.25, 0.3) is 0 Å². The minimum atomic E-state index is -1.30. The van der Waals surface area contributed by atoms with E-state index in [-0.39, 0.29) is 5.92 Å². The molecule has 0 spiro atoms. The second-order valence-electron chi connectivity index (χ2n) is 3.95. The standard InChI is InChI=1S/C12H14O4/c1-8-7-16-10-6-4-3-5-9(10)12(8,15-2)11(13)14/h3-6,8H,7H2,1-2H3,(H,13,14). The van der Waals surface area contributed by atoms with Crippen LogP contribution in [0.1, 0.15) is 12.5 Å². The fourth-order valence-electron chi connectivity index (χ4n) is 2.22. The van der Waals surface area contributed by atoms with E-state index in [0.717, 1.165) is 0 Å². The first-order chi connectivity index (χ1) is 7.63. The summed E-state index contributed by atoms with van der Waals surface area (Å²) in [6, 6.07) is 7.11. The number of fused-ring (bicyclic) bond motifs is 1. The second kappa shape index (κ2) is 3.79. The van der Waals surface area contributed by atoms with E-state index in [9.17, 15) is 9.90 Å². The van der Waals surface area contributed by atoms with Gasteiger partial charge >= 0.3 is 5.97 Å². The predicted octanol–water partition coefficient (Wildman–Crippen LogP) is 1.64. The molecule has 0 bridgehead atoms. The topological polar surface area (TPSA) is 55.8 Å². The average molecular weight is 222 g/mol. The van der Waals surface area contributed by atoms with Crippen LogP contribution < -0.4 is 4.74 Å². The van der Waals surface area contributed by atoms with Crippen LogP contribution in [0.25, 0.3) is 0 Å². The summed E-state index contributed by atoms with van der Waals surface area (Å²) < 4.78 is 10.8. The van der Waals surface area contributed by atoms with Crippen molar-refractivity contribution in [1.82, 2.24) is 0 Å². The zero-order chi connectivity index (χ0) is 11.8. The number of hydrogen-bond acceptors (Lipinski definition) is 3. The summed E-state index contributed by atoms with van der Waals surface area (Å²) in [4.78, 5) is 11.5. The van der Waals surface area contributed by atoms with Crippen molar-refractivity contribution < 1.29 is 19.4 Å². The summed E-state index contributed by atoms with van der Waals surface area (Å²) in [5, 5.41) is 9.43. The van der Waals surface area contributed by atoms with Crippen molar-refractivity contribution in [1.29, 1.82) is 0 Å². The van der Waals surface area contributed by atoms with Crippen molar-refractivity contribution in [2.24, 2.45) is 5.92 Å². The highest BCUT2D eigenvalue weighted by molar-refractivity contribution is 5.81. The molecule has 0 saturated carbocycles. The van der Waals surface area contributed by atoms with Gasteiger partial charge in [0.15, 0.2) is 5.60 Å². The molecule has 1 aliphatic rings. The number of rotatable bonds is 2. The highest BCUT2D eigenvalue weighted by atomic mass is 16.5. The number of carbonyl (C=O) groups is 1. The first-order valence-electron chi connectivity index (χ1n) is 5.13. The van der Waals surface area contributed by atoms with Crippen molar-refractivity contribution in [3.63, 3.8) is 0 Å². The highest BCUT2D eigenvalue weighted by Crippen LogP contribution is 2.42. The summed E-state index contributed by atoms with van der Waals surface area (Å²) >= 11 is 0. The van der Waals surface area contributed by atoms with E-state index in [2.05, 4.69) is 0 Å². The summed E-state index contributed by atoms with van der Waals surface area (Å²) in [6.07, 6.45) is 0. The molecule has 4 nitrogen and oxygen atoms in total. The molecule has 0 amide bonds. The number of carboxylic acids is 1. The average Bonchev–Trinajstić information content (AvgIpc) is 2.29. The van der Waals surface area contributed by atoms with E-state index < -0.39 is 11.6 Å². The Morgan fingerprint density at radius 2 is 2.25 bits per heavy atom. The third-order valence-corrected chi connectivity index (χ3v) is 3.11. The molecule has 0 aromatic heterocycles. The lowest BCUT2D eigenvalue weighted by atomic mass is 9.80. The number of carboxylic acid groups (broad SMARTS) is 1. The maximum atomic E-state index is 11.5. The minimum absolute atomic E-state index is 0.232. The molecule has 1 aromatic carbocycles. The molecule has 2 atom stereocenters. The fraction of sp³-hybridized carbons (Fsp3) is 0.417. The monoisotopic (exact) mass is 222 g/mol. The van der Waals surface area contributed by atoms with E-state index in [1.807, 2.05) is 13.0 Å². The van der Waals surface area contributed by atoms with Crippen LogP contribution in [0.3, 0.4) is 0 Å². The molecule has 1 heterocycles. The Morgan fingerprint density at radius 3 is 2.88 bits per heavy atom. The van der Waals surface area contributed by atoms with Crippen molar-refractivity contribution >= 4 is 5.97 Å². The number of ether oxygens (including phenoxy) is 2. The van der Waals surface area contributed by atoms with Crippen molar-refractivity contribution in [3.05, 3.63) is 29.8 Å². The molecule has 86 valence electrons. The lowest BCUT2D eigenvalue weighted by Gasteiger charge is -2.38. The largest absolute Gasteiger partial charge is 0.493 e. The minimum Gasteiger partial charge on any atom is -0.493 e. The van der Waals surface area contributed by atoms with Gasteiger partial charge in [-0.25, -0.2) is 4.79 Å². The first-order valence-corrected chi connectivity index (χ1v) is 5.13. The van der Waals surface area contributed by atoms with E-state index in [0.29, 0.717) is 17.9 Å². The van der Waals surface area contributed by atoms with Crippen LogP contribution in [0.5, 0.6) is 5.75 Å². The summed E-state index contributed by atoms with van der Waals surface area (Å²) in [7, 11) is 1.42. The molecular formula is C12H14O4. The van der Waals surface area contributed by atoms with Gasteiger partial charge in [-0.15, -0.1) is 0 Å². The zero-order valence-electron chi connectivity index (χ0n) is 9.27. The van der Waals surface area contributed by atoms with Crippen LogP contribution in [-0.4, -0.2) is 24.8 Å². The van der Waals surface area contributed by atoms with Crippen LogP contribution in [0, 0.1) is 5.92 Å². The van der Waals surface area contributed by atoms with Gasteiger partial charge < -0.3 is 14.6 Å². The van der Waals surface area contributed by atoms with Crippen LogP contribution in [0.2, 0.25) is 0 Å². The van der Waals surface area contributed by atoms with Gasteiger partial charge in [0.2, 0.25) is 0 Å². The molecule has 0 fully saturated rings. The van der Waals surface area contributed by atoms with Gasteiger partial charge in [-0.3, -0.25) is 0 Å². The normalized spacial score (nSPS) is 28.0. The molecule has 1 aliphatic heterocycles. The molecule has 0 saturated heterocycles. The van der Waals surface area contributed by atoms with Gasteiger partial charge in [-0.2, -0.15) is 0 Å². The molecule has 1 aromatic rings. The van der Waals surface area contributed by atoms with Crippen molar-refractivity contribution in [2.45, 2.75) is 12.5 Å². The lowest BCUT2D eigenvalue weighted by molar-refractivity contribution is -0.175. The molecule has 2 rings (SSSR count). The molecule has 0 radical (unpaired) electrons. The van der Waals surface area contributed by atoms with Crippen molar-refractivity contribution in [3.8, 4) is 5.75 Å². The Balaban J connectivity index is 2.63. The second-order valence-corrected chi connectivity index (χ2v) is 3.95. The molecule has 1 N–H and O–H groups in total. The fourth-order valence-corrected chi connectivity index (χ4v) is 2.22. The van der Waals surface area contributed by atoms with E-state index in [4.69, 9.17) is 9.47 Å². The van der Waals surface area contributed by atoms with Crippen LogP contribution in [-0.2, 0) is 15.1 Å². The van der Waals surface area contributed by atoms with Crippen molar-refractivity contribution in [2.75, 3.05) is 13.7 Å². The number of benzene rings is 1. The van der Waals surface area contributed by atoms with Gasteiger partial charge in [0.1, 0.15) is 5.75 Å². The predicted molar refractivity (Wildman–Crippen MR) is 57.4 cm³/mol. The first kappa shape index (κ1) is 11.0. The van der Waals surface area contributed by atoms with E-state index in [1.54, 1.807) is 18.2 Å². The Labute approximate surface area is 93.8 Å². The molecular weight excluding hydrogens is 208 g/mol. The SMILES string of the molecule is COC1(C(=O)O)c2ccccc2OCC1C. The Morgan fingerprint density at radius 1 is 1.56 bits per heavy atom. The Kier molecular flexibility index (Phi) is 2.59. The maximum absolute atomic E-state index is 11.5. The molecule has 2 unspecified atom stereocenters. The Hall–Kier alpha value is -1.55. The lowest BCUT2D eigenvalue weighted by Crippen LogP contribution is -2.48. The third kappa shape index (κ3) is 1.30. The maximum Gasteiger partial charge on any atom is 0.341 e. The van der Waals surface area contributed by atoms with Gasteiger partial charge in [-0.1, -0.05) is 25.1 Å². The summed E-state index contributed by atoms with van der Waals surface area (Å²) in [5.41, 5.74) is -0.710. The zero-order valence-corrected chi connectivity index (χ0v) is 9.27. The summed E-state index contributed by atoms with van der Waals surface area (Å²) in [6.45, 7) is 2.16. The Bertz CT molecular complexity index is 415. The third-order valence-electron chi connectivity index (χ3n) is 3.11. The smallest absolute Gasteiger partial charge is 0.341 e.